The molecule has 1 aromatic carbocycles. The molecule has 1 amide bonds. The molecule has 3 rings (SSSR count). The minimum atomic E-state index is -0.703. The Morgan fingerprint density at radius 1 is 1.24 bits per heavy atom. The lowest BCUT2D eigenvalue weighted by molar-refractivity contribution is -0.118. The van der Waals surface area contributed by atoms with E-state index in [1.165, 1.54) is 17.2 Å². The van der Waals surface area contributed by atoms with Crippen molar-refractivity contribution in [3.8, 4) is 11.4 Å². The summed E-state index contributed by atoms with van der Waals surface area (Å²) in [5.41, 5.74) is 6.78. The first-order valence-corrected chi connectivity index (χ1v) is 11.0. The van der Waals surface area contributed by atoms with Crippen LogP contribution in [0.15, 0.2) is 38.4 Å². The summed E-state index contributed by atoms with van der Waals surface area (Å²) in [5, 5.41) is 4.00. The first kappa shape index (κ1) is 24.0. The first-order chi connectivity index (χ1) is 15.7. The van der Waals surface area contributed by atoms with E-state index in [0.29, 0.717) is 30.6 Å². The maximum absolute atomic E-state index is 12.7. The largest absolute Gasteiger partial charge is 0.383 e. The van der Waals surface area contributed by atoms with Gasteiger partial charge in [0.1, 0.15) is 5.82 Å². The topological polar surface area (TPSA) is 140 Å². The van der Waals surface area contributed by atoms with E-state index in [0.717, 1.165) is 16.9 Å². The smallest absolute Gasteiger partial charge is 0.330 e. The number of nitrogen functional groups attached to an aromatic ring is 1. The van der Waals surface area contributed by atoms with Crippen LogP contribution in [0.4, 0.5) is 11.5 Å². The molecule has 0 atom stereocenters. The van der Waals surface area contributed by atoms with Gasteiger partial charge in [-0.3, -0.25) is 19.1 Å². The number of amides is 1. The van der Waals surface area contributed by atoms with Gasteiger partial charge < -0.3 is 15.2 Å². The number of hydrogen-bond acceptors (Lipinski definition) is 7. The Kier molecular flexibility index (Phi) is 7.47. The van der Waals surface area contributed by atoms with Gasteiger partial charge in [-0.1, -0.05) is 56.6 Å². The number of nitrogens with one attached hydrogen (secondary N) is 1. The number of hydrogen-bond donors (Lipinski definition) is 2. The lowest BCUT2D eigenvalue weighted by Crippen LogP contribution is -2.39. The van der Waals surface area contributed by atoms with Crippen molar-refractivity contribution in [1.29, 1.82) is 0 Å². The molecule has 2 aromatic heterocycles. The average Bonchev–Trinajstić information content (AvgIpc) is 3.26. The number of nitrogens with two attached hydrogens (primary N) is 1. The summed E-state index contributed by atoms with van der Waals surface area (Å²) >= 11 is 0. The molecule has 33 heavy (non-hydrogen) atoms. The number of carbonyl (C=O) groups is 1. The number of aromatic amines is 1. The van der Waals surface area contributed by atoms with Crippen LogP contribution in [0.2, 0.25) is 0 Å². The Balaban J connectivity index is 1.70. The Bertz CT molecular complexity index is 1220. The molecule has 10 heteroatoms. The third-order valence-corrected chi connectivity index (χ3v) is 5.52. The van der Waals surface area contributed by atoms with Crippen LogP contribution in [0.25, 0.3) is 11.4 Å². The van der Waals surface area contributed by atoms with E-state index < -0.39 is 11.2 Å². The number of anilines is 2. The fourth-order valence-electron chi connectivity index (χ4n) is 3.44. The molecule has 0 aliphatic heterocycles. The maximum atomic E-state index is 12.7. The van der Waals surface area contributed by atoms with Crippen molar-refractivity contribution in [3.05, 3.63) is 56.6 Å². The van der Waals surface area contributed by atoms with E-state index >= 15 is 0 Å². The number of benzene rings is 1. The number of H-pyrrole nitrogens is 1. The van der Waals surface area contributed by atoms with Crippen molar-refractivity contribution in [2.24, 2.45) is 0 Å². The molecule has 0 radical (unpaired) electrons. The predicted octanol–water partition coefficient (Wildman–Crippen LogP) is 2.69. The third-order valence-electron chi connectivity index (χ3n) is 5.52. The number of carbonyl (C=O) groups excluding carboxylic acids is 1. The zero-order valence-electron chi connectivity index (χ0n) is 19.4. The Morgan fingerprint density at radius 3 is 2.58 bits per heavy atom. The molecule has 0 saturated heterocycles. The van der Waals surface area contributed by atoms with Gasteiger partial charge in [-0.25, -0.2) is 4.79 Å². The highest BCUT2D eigenvalue weighted by Gasteiger charge is 2.21. The van der Waals surface area contributed by atoms with Gasteiger partial charge in [-0.05, 0) is 17.9 Å². The normalized spacial score (nSPS) is 11.2. The molecule has 0 spiro atoms. The summed E-state index contributed by atoms with van der Waals surface area (Å²) in [6.45, 7) is 6.58. The molecule has 3 N–H and O–H groups in total. The van der Waals surface area contributed by atoms with E-state index in [2.05, 4.69) is 29.0 Å². The van der Waals surface area contributed by atoms with Crippen molar-refractivity contribution >= 4 is 17.4 Å². The number of aromatic nitrogens is 4. The van der Waals surface area contributed by atoms with Gasteiger partial charge in [0, 0.05) is 32.0 Å². The number of rotatable bonds is 9. The number of nitrogens with zero attached hydrogens (tertiary/aromatic N) is 4. The van der Waals surface area contributed by atoms with Crippen LogP contribution in [-0.4, -0.2) is 32.6 Å². The maximum Gasteiger partial charge on any atom is 0.330 e. The Hall–Kier alpha value is -3.69. The summed E-state index contributed by atoms with van der Waals surface area (Å²) < 4.78 is 6.57. The second kappa shape index (κ2) is 10.3. The highest BCUT2D eigenvalue weighted by molar-refractivity contribution is 5.95. The van der Waals surface area contributed by atoms with Crippen LogP contribution in [0.1, 0.15) is 57.4 Å². The number of aryl methyl sites for hydroxylation is 1. The molecule has 3 aromatic rings. The highest BCUT2D eigenvalue weighted by atomic mass is 16.5. The summed E-state index contributed by atoms with van der Waals surface area (Å²) in [6.07, 6.45) is 1.79. The van der Waals surface area contributed by atoms with E-state index in [4.69, 9.17) is 10.3 Å². The Labute approximate surface area is 191 Å². The molecule has 0 fully saturated rings. The molecular formula is C23H30N6O4. The second-order valence-corrected chi connectivity index (χ2v) is 8.24. The van der Waals surface area contributed by atoms with E-state index in [1.807, 2.05) is 31.2 Å². The van der Waals surface area contributed by atoms with Crippen LogP contribution < -0.4 is 21.9 Å². The predicted molar refractivity (Wildman–Crippen MR) is 126 cm³/mol. The minimum absolute atomic E-state index is 0.0252. The average molecular weight is 455 g/mol. The molecule has 0 unspecified atom stereocenters. The Morgan fingerprint density at radius 2 is 1.94 bits per heavy atom. The van der Waals surface area contributed by atoms with Gasteiger partial charge in [-0.15, -0.1) is 0 Å². The summed E-state index contributed by atoms with van der Waals surface area (Å²) in [5.74, 6) is 0.793. The molecular weight excluding hydrogens is 424 g/mol. The fraction of sp³-hybridized carbons (Fsp3) is 0.435. The summed E-state index contributed by atoms with van der Waals surface area (Å²) in [4.78, 5) is 45.0. The van der Waals surface area contributed by atoms with Gasteiger partial charge in [0.05, 0.1) is 0 Å². The van der Waals surface area contributed by atoms with Crippen LogP contribution in [0.3, 0.4) is 0 Å². The van der Waals surface area contributed by atoms with Crippen molar-refractivity contribution in [3.63, 3.8) is 0 Å². The van der Waals surface area contributed by atoms with E-state index in [9.17, 15) is 14.4 Å². The molecule has 0 aliphatic carbocycles. The van der Waals surface area contributed by atoms with Gasteiger partial charge in [0.15, 0.2) is 5.69 Å². The lowest BCUT2D eigenvalue weighted by atomic mass is 10.0. The lowest BCUT2D eigenvalue weighted by Gasteiger charge is -2.20. The SMILES string of the molecule is CCCCn1c(N)c(N(C)C(=O)CCc2nc(-c3ccc(C(C)C)cc3)no2)c(=O)[nH]c1=O. The fourth-order valence-corrected chi connectivity index (χ4v) is 3.44. The standard InChI is InChI=1S/C23H30N6O4/c1-5-6-13-29-20(24)19(22(31)26-23(29)32)28(4)18(30)12-11-17-25-21(27-33-17)16-9-7-15(8-10-16)14(2)3/h7-10,14H,5-6,11-13,24H2,1-4H3,(H,26,31,32). The molecule has 0 bridgehead atoms. The molecule has 0 saturated carbocycles. The zero-order chi connectivity index (χ0) is 24.1. The van der Waals surface area contributed by atoms with Crippen molar-refractivity contribution in [2.45, 2.75) is 58.9 Å². The van der Waals surface area contributed by atoms with Gasteiger partial charge in [0.25, 0.3) is 5.56 Å². The number of unbranched alkanes of at least 4 members (excludes halogenated alkanes) is 1. The highest BCUT2D eigenvalue weighted by Crippen LogP contribution is 2.21. The minimum Gasteiger partial charge on any atom is -0.383 e. The van der Waals surface area contributed by atoms with Crippen LogP contribution in [0.5, 0.6) is 0 Å². The van der Waals surface area contributed by atoms with Crippen LogP contribution >= 0.6 is 0 Å². The second-order valence-electron chi connectivity index (χ2n) is 8.24. The van der Waals surface area contributed by atoms with E-state index in [1.54, 1.807) is 0 Å². The first-order valence-electron chi connectivity index (χ1n) is 11.0. The van der Waals surface area contributed by atoms with E-state index in [-0.39, 0.29) is 30.3 Å². The molecule has 2 heterocycles. The van der Waals surface area contributed by atoms with Gasteiger partial charge in [0.2, 0.25) is 17.6 Å². The van der Waals surface area contributed by atoms with Crippen molar-refractivity contribution in [1.82, 2.24) is 19.7 Å². The van der Waals surface area contributed by atoms with Crippen molar-refractivity contribution in [2.75, 3.05) is 17.7 Å². The monoisotopic (exact) mass is 454 g/mol. The molecule has 176 valence electrons. The molecule has 0 aliphatic rings. The summed E-state index contributed by atoms with van der Waals surface area (Å²) in [6, 6.07) is 7.92. The quantitative estimate of drug-likeness (QED) is 0.506. The van der Waals surface area contributed by atoms with Crippen molar-refractivity contribution < 1.29 is 9.32 Å². The van der Waals surface area contributed by atoms with Gasteiger partial charge >= 0.3 is 5.69 Å². The van der Waals surface area contributed by atoms with Crippen LogP contribution in [-0.2, 0) is 17.8 Å². The zero-order valence-corrected chi connectivity index (χ0v) is 19.4. The third kappa shape index (κ3) is 5.39. The van der Waals surface area contributed by atoms with Gasteiger partial charge in [-0.2, -0.15) is 4.98 Å². The van der Waals surface area contributed by atoms with Crippen LogP contribution in [0, 0.1) is 0 Å². The summed E-state index contributed by atoms with van der Waals surface area (Å²) in [7, 11) is 1.45. The molecule has 10 nitrogen and oxygen atoms in total.